The smallest absolute Gasteiger partial charge is 0.267 e. The number of hydrogen-bond acceptors (Lipinski definition) is 3. The van der Waals surface area contributed by atoms with Crippen molar-refractivity contribution in [2.24, 2.45) is 0 Å². The van der Waals surface area contributed by atoms with E-state index in [9.17, 15) is 18.0 Å². The maximum Gasteiger partial charge on any atom is 0.433 e. The molecular weight excluding hydrogens is 271 g/mol. The van der Waals surface area contributed by atoms with E-state index in [1.165, 1.54) is 6.92 Å². The summed E-state index contributed by atoms with van der Waals surface area (Å²) in [5, 5.41) is 3.76. The van der Waals surface area contributed by atoms with Gasteiger partial charge in [0.2, 0.25) is 0 Å². The van der Waals surface area contributed by atoms with E-state index in [1.807, 2.05) is 0 Å². The Hall–Kier alpha value is -1.63. The van der Waals surface area contributed by atoms with Crippen molar-refractivity contribution in [1.29, 1.82) is 0 Å². The van der Waals surface area contributed by atoms with Gasteiger partial charge in [-0.3, -0.25) is 4.79 Å². The summed E-state index contributed by atoms with van der Waals surface area (Å²) in [5.74, 6) is 0. The van der Waals surface area contributed by atoms with E-state index in [0.29, 0.717) is 17.2 Å². The first kappa shape index (κ1) is 12.8. The molecule has 96 valence electrons. The third-order valence-electron chi connectivity index (χ3n) is 2.58. The lowest BCUT2D eigenvalue weighted by molar-refractivity contribution is -0.141. The van der Waals surface area contributed by atoms with Crippen LogP contribution in [-0.2, 0) is 6.18 Å². The molecule has 8 heteroatoms. The molecule has 0 aliphatic heterocycles. The first-order chi connectivity index (χ1) is 8.21. The van der Waals surface area contributed by atoms with Gasteiger partial charge in [-0.1, -0.05) is 11.6 Å². The monoisotopic (exact) mass is 277 g/mol. The number of halogens is 4. The van der Waals surface area contributed by atoms with Crippen LogP contribution in [0.4, 0.5) is 13.2 Å². The number of aromatic nitrogens is 3. The third kappa shape index (κ3) is 1.94. The van der Waals surface area contributed by atoms with Crippen molar-refractivity contribution in [1.82, 2.24) is 14.6 Å². The maximum atomic E-state index is 12.6. The minimum Gasteiger partial charge on any atom is -0.267 e. The Kier molecular flexibility index (Phi) is 2.81. The fraction of sp³-hybridized carbons (Fsp3) is 0.300. The molecule has 2 aromatic rings. The second kappa shape index (κ2) is 3.94. The molecule has 0 aliphatic rings. The molecule has 0 saturated carbocycles. The molecule has 0 aromatic carbocycles. The van der Waals surface area contributed by atoms with Crippen LogP contribution in [0.3, 0.4) is 0 Å². The highest BCUT2D eigenvalue weighted by Gasteiger charge is 2.33. The quantitative estimate of drug-likeness (QED) is 0.743. The van der Waals surface area contributed by atoms with Gasteiger partial charge in [0, 0.05) is 6.07 Å². The van der Waals surface area contributed by atoms with Crippen LogP contribution in [0.25, 0.3) is 5.65 Å². The lowest BCUT2D eigenvalue weighted by Gasteiger charge is -2.10. The minimum atomic E-state index is -4.67. The van der Waals surface area contributed by atoms with Crippen LogP contribution < -0.4 is 5.56 Å². The van der Waals surface area contributed by atoms with E-state index >= 15 is 0 Å². The molecule has 0 spiro atoms. The average molecular weight is 278 g/mol. The van der Waals surface area contributed by atoms with Gasteiger partial charge >= 0.3 is 6.18 Å². The molecule has 4 nitrogen and oxygen atoms in total. The van der Waals surface area contributed by atoms with Crippen LogP contribution in [0.1, 0.15) is 16.8 Å². The van der Waals surface area contributed by atoms with E-state index < -0.39 is 17.4 Å². The summed E-state index contributed by atoms with van der Waals surface area (Å²) in [7, 11) is 0. The van der Waals surface area contributed by atoms with Crippen LogP contribution in [0, 0.1) is 13.8 Å². The van der Waals surface area contributed by atoms with Gasteiger partial charge in [0.25, 0.3) is 5.56 Å². The van der Waals surface area contributed by atoms with Crippen molar-refractivity contribution in [3.05, 3.63) is 38.4 Å². The summed E-state index contributed by atoms with van der Waals surface area (Å²) in [5.41, 5.74) is -1.42. The molecule has 0 unspecified atom stereocenters. The van der Waals surface area contributed by atoms with Gasteiger partial charge in [0.1, 0.15) is 0 Å². The standard InChI is InChI=1S/C10H7ClF3N3O/c1-4-5(2)9-15-6(10(12,13)14)3-7(18)17(9)16-8(4)11/h3H,1-2H3. The Morgan fingerprint density at radius 3 is 2.44 bits per heavy atom. The molecule has 0 radical (unpaired) electrons. The fourth-order valence-corrected chi connectivity index (χ4v) is 1.66. The molecule has 0 aliphatic carbocycles. The Morgan fingerprint density at radius 1 is 1.28 bits per heavy atom. The van der Waals surface area contributed by atoms with E-state index in [2.05, 4.69) is 10.1 Å². The largest absolute Gasteiger partial charge is 0.433 e. The first-order valence-electron chi connectivity index (χ1n) is 4.86. The summed E-state index contributed by atoms with van der Waals surface area (Å²) in [6.45, 7) is 3.13. The van der Waals surface area contributed by atoms with Crippen molar-refractivity contribution >= 4 is 17.2 Å². The van der Waals surface area contributed by atoms with Gasteiger partial charge in [0.05, 0.1) is 0 Å². The summed E-state index contributed by atoms with van der Waals surface area (Å²) in [6.07, 6.45) is -4.67. The molecule has 0 bridgehead atoms. The molecule has 0 N–H and O–H groups in total. The zero-order valence-corrected chi connectivity index (χ0v) is 10.1. The normalized spacial score (nSPS) is 12.1. The predicted molar refractivity (Wildman–Crippen MR) is 58.7 cm³/mol. The molecular formula is C10H7ClF3N3O. The van der Waals surface area contributed by atoms with E-state index in [0.717, 1.165) is 4.52 Å². The van der Waals surface area contributed by atoms with Crippen molar-refractivity contribution in [3.63, 3.8) is 0 Å². The molecule has 2 aromatic heterocycles. The number of rotatable bonds is 0. The lowest BCUT2D eigenvalue weighted by atomic mass is 10.2. The highest BCUT2D eigenvalue weighted by atomic mass is 35.5. The molecule has 0 atom stereocenters. The minimum absolute atomic E-state index is 0.0589. The molecule has 0 fully saturated rings. The second-order valence-corrected chi connectivity index (χ2v) is 4.11. The van der Waals surface area contributed by atoms with Crippen LogP contribution >= 0.6 is 11.6 Å². The molecule has 0 saturated heterocycles. The first-order valence-corrected chi connectivity index (χ1v) is 5.23. The SMILES string of the molecule is Cc1c(Cl)nn2c(=O)cc(C(F)(F)F)nc2c1C. The molecule has 2 rings (SSSR count). The molecule has 18 heavy (non-hydrogen) atoms. The highest BCUT2D eigenvalue weighted by Crippen LogP contribution is 2.27. The molecule has 2 heterocycles. The van der Waals surface area contributed by atoms with Crippen molar-refractivity contribution in [3.8, 4) is 0 Å². The maximum absolute atomic E-state index is 12.6. The van der Waals surface area contributed by atoms with Crippen LogP contribution in [0.5, 0.6) is 0 Å². The van der Waals surface area contributed by atoms with Gasteiger partial charge < -0.3 is 0 Å². The summed E-state index contributed by atoms with van der Waals surface area (Å²) in [4.78, 5) is 15.0. The van der Waals surface area contributed by atoms with Crippen LogP contribution in [-0.4, -0.2) is 14.6 Å². The van der Waals surface area contributed by atoms with E-state index in [4.69, 9.17) is 11.6 Å². The van der Waals surface area contributed by atoms with Gasteiger partial charge in [-0.15, -0.1) is 0 Å². The van der Waals surface area contributed by atoms with Gasteiger partial charge in [-0.2, -0.15) is 22.8 Å². The van der Waals surface area contributed by atoms with Gasteiger partial charge in [0.15, 0.2) is 16.5 Å². The zero-order valence-electron chi connectivity index (χ0n) is 9.34. The summed E-state index contributed by atoms with van der Waals surface area (Å²) < 4.78 is 38.4. The second-order valence-electron chi connectivity index (χ2n) is 3.75. The number of nitrogens with zero attached hydrogens (tertiary/aromatic N) is 3. The van der Waals surface area contributed by atoms with Crippen molar-refractivity contribution < 1.29 is 13.2 Å². The van der Waals surface area contributed by atoms with Crippen LogP contribution in [0.15, 0.2) is 10.9 Å². The topological polar surface area (TPSA) is 47.3 Å². The van der Waals surface area contributed by atoms with Crippen LogP contribution in [0.2, 0.25) is 5.15 Å². The Morgan fingerprint density at radius 2 is 1.89 bits per heavy atom. The Bertz CT molecular complexity index is 693. The predicted octanol–water partition coefficient (Wildman–Crippen LogP) is 2.38. The average Bonchev–Trinajstić information content (AvgIpc) is 2.26. The summed E-state index contributed by atoms with van der Waals surface area (Å²) >= 11 is 5.77. The highest BCUT2D eigenvalue weighted by molar-refractivity contribution is 6.30. The lowest BCUT2D eigenvalue weighted by Crippen LogP contribution is -2.23. The Labute approximate surface area is 104 Å². The van der Waals surface area contributed by atoms with Gasteiger partial charge in [-0.25, -0.2) is 4.98 Å². The number of hydrogen-bond donors (Lipinski definition) is 0. The van der Waals surface area contributed by atoms with E-state index in [1.54, 1.807) is 6.92 Å². The third-order valence-corrected chi connectivity index (χ3v) is 2.94. The number of fused-ring (bicyclic) bond motifs is 1. The number of aryl methyl sites for hydroxylation is 1. The number of alkyl halides is 3. The van der Waals surface area contributed by atoms with Gasteiger partial charge in [-0.05, 0) is 25.0 Å². The van der Waals surface area contributed by atoms with Crippen molar-refractivity contribution in [2.45, 2.75) is 20.0 Å². The fourth-order valence-electron chi connectivity index (χ4n) is 1.45. The van der Waals surface area contributed by atoms with E-state index in [-0.39, 0.29) is 10.8 Å². The summed E-state index contributed by atoms with van der Waals surface area (Å²) in [6, 6.07) is 0.394. The Balaban J connectivity index is 2.93. The van der Waals surface area contributed by atoms with Crippen molar-refractivity contribution in [2.75, 3.05) is 0 Å². The zero-order chi connectivity index (χ0) is 13.7. The molecule has 0 amide bonds.